The summed E-state index contributed by atoms with van der Waals surface area (Å²) in [6.07, 6.45) is 0. The zero-order chi connectivity index (χ0) is 14.3. The first-order chi connectivity index (χ1) is 9.56. The third-order valence-electron chi connectivity index (χ3n) is 3.47. The van der Waals surface area contributed by atoms with Crippen LogP contribution in [-0.4, -0.2) is 15.2 Å². The molecule has 0 saturated heterocycles. The highest BCUT2D eigenvalue weighted by Crippen LogP contribution is 2.35. The lowest BCUT2D eigenvalue weighted by atomic mass is 9.99. The molecule has 0 saturated carbocycles. The van der Waals surface area contributed by atoms with Gasteiger partial charge < -0.3 is 5.73 Å². The Morgan fingerprint density at radius 2 is 1.95 bits per heavy atom. The fourth-order valence-electron chi connectivity index (χ4n) is 2.21. The van der Waals surface area contributed by atoms with Gasteiger partial charge in [-0.25, -0.2) is 4.98 Å². The SMILES string of the molecule is Cc1nc(-c2[nH]nc(N)c2-c2ccc(C)c(C)c2)cs1. The highest BCUT2D eigenvalue weighted by atomic mass is 32.1. The zero-order valence-electron chi connectivity index (χ0n) is 11.7. The number of thiazole rings is 1. The van der Waals surface area contributed by atoms with E-state index in [0.717, 1.165) is 27.5 Å². The largest absolute Gasteiger partial charge is 0.382 e. The van der Waals surface area contributed by atoms with Gasteiger partial charge in [-0.2, -0.15) is 5.10 Å². The van der Waals surface area contributed by atoms with Crippen LogP contribution in [0.25, 0.3) is 22.5 Å². The van der Waals surface area contributed by atoms with Gasteiger partial charge in [-0.05, 0) is 37.5 Å². The maximum Gasteiger partial charge on any atom is 0.153 e. The summed E-state index contributed by atoms with van der Waals surface area (Å²) < 4.78 is 0. The van der Waals surface area contributed by atoms with Crippen LogP contribution in [0.3, 0.4) is 0 Å². The van der Waals surface area contributed by atoms with E-state index >= 15 is 0 Å². The minimum atomic E-state index is 0.508. The maximum absolute atomic E-state index is 6.04. The number of benzene rings is 1. The normalized spacial score (nSPS) is 10.9. The van der Waals surface area contributed by atoms with Gasteiger partial charge in [0.1, 0.15) is 0 Å². The van der Waals surface area contributed by atoms with E-state index in [1.165, 1.54) is 11.1 Å². The van der Waals surface area contributed by atoms with Gasteiger partial charge in [0, 0.05) is 5.38 Å². The molecule has 3 N–H and O–H groups in total. The van der Waals surface area contributed by atoms with E-state index in [4.69, 9.17) is 5.73 Å². The van der Waals surface area contributed by atoms with Crippen LogP contribution in [0.15, 0.2) is 23.6 Å². The third-order valence-corrected chi connectivity index (χ3v) is 4.24. The van der Waals surface area contributed by atoms with Gasteiger partial charge in [0.2, 0.25) is 0 Å². The average molecular weight is 284 g/mol. The highest BCUT2D eigenvalue weighted by Gasteiger charge is 2.17. The van der Waals surface area contributed by atoms with E-state index in [1.54, 1.807) is 11.3 Å². The molecule has 0 fully saturated rings. The third kappa shape index (κ3) is 2.10. The number of rotatable bonds is 2. The fourth-order valence-corrected chi connectivity index (χ4v) is 2.81. The minimum absolute atomic E-state index is 0.508. The van der Waals surface area contributed by atoms with E-state index in [9.17, 15) is 0 Å². The molecule has 2 aromatic heterocycles. The van der Waals surface area contributed by atoms with E-state index in [1.807, 2.05) is 12.3 Å². The van der Waals surface area contributed by atoms with Crippen molar-refractivity contribution in [2.75, 3.05) is 5.73 Å². The second-order valence-corrected chi connectivity index (χ2v) is 5.97. The molecule has 4 nitrogen and oxygen atoms in total. The number of nitrogens with two attached hydrogens (primary N) is 1. The molecule has 0 bridgehead atoms. The molecule has 0 atom stereocenters. The molecule has 0 aliphatic rings. The summed E-state index contributed by atoms with van der Waals surface area (Å²) >= 11 is 1.62. The number of anilines is 1. The van der Waals surface area contributed by atoms with Gasteiger partial charge in [0.05, 0.1) is 22.0 Å². The van der Waals surface area contributed by atoms with Crippen molar-refractivity contribution in [1.29, 1.82) is 0 Å². The number of nitrogens with one attached hydrogen (secondary N) is 1. The topological polar surface area (TPSA) is 67.6 Å². The van der Waals surface area contributed by atoms with Crippen molar-refractivity contribution < 1.29 is 0 Å². The van der Waals surface area contributed by atoms with Gasteiger partial charge in [-0.15, -0.1) is 11.3 Å². The molecule has 1 aromatic carbocycles. The summed E-state index contributed by atoms with van der Waals surface area (Å²) in [6.45, 7) is 6.19. The fraction of sp³-hybridized carbons (Fsp3) is 0.200. The monoisotopic (exact) mass is 284 g/mol. The predicted molar refractivity (Wildman–Crippen MR) is 83.8 cm³/mol. The number of H-pyrrole nitrogens is 1. The molecule has 0 unspecified atom stereocenters. The maximum atomic E-state index is 6.04. The second-order valence-electron chi connectivity index (χ2n) is 4.91. The number of hydrogen-bond donors (Lipinski definition) is 2. The molecular weight excluding hydrogens is 268 g/mol. The van der Waals surface area contributed by atoms with Crippen LogP contribution in [0, 0.1) is 20.8 Å². The Morgan fingerprint density at radius 3 is 2.60 bits per heavy atom. The molecule has 102 valence electrons. The summed E-state index contributed by atoms with van der Waals surface area (Å²) in [5, 5.41) is 10.2. The van der Waals surface area contributed by atoms with Crippen LogP contribution < -0.4 is 5.73 Å². The Balaban J connectivity index is 2.18. The Bertz CT molecular complexity index is 770. The van der Waals surface area contributed by atoms with Crippen LogP contribution in [-0.2, 0) is 0 Å². The summed E-state index contributed by atoms with van der Waals surface area (Å²) in [6, 6.07) is 6.32. The molecule has 20 heavy (non-hydrogen) atoms. The zero-order valence-corrected chi connectivity index (χ0v) is 12.5. The summed E-state index contributed by atoms with van der Waals surface area (Å²) in [5.41, 5.74) is 12.3. The lowest BCUT2D eigenvalue weighted by Crippen LogP contribution is -1.90. The van der Waals surface area contributed by atoms with Gasteiger partial charge >= 0.3 is 0 Å². The number of aromatic nitrogens is 3. The molecule has 0 aliphatic heterocycles. The molecule has 0 spiro atoms. The number of nitrogens with zero attached hydrogens (tertiary/aromatic N) is 2. The van der Waals surface area contributed by atoms with Crippen LogP contribution in [0.4, 0.5) is 5.82 Å². The molecule has 5 heteroatoms. The van der Waals surface area contributed by atoms with E-state index < -0.39 is 0 Å². The van der Waals surface area contributed by atoms with Crippen molar-refractivity contribution >= 4 is 17.2 Å². The first-order valence-electron chi connectivity index (χ1n) is 6.40. The van der Waals surface area contributed by atoms with Gasteiger partial charge in [-0.3, -0.25) is 5.10 Å². The number of nitrogen functional groups attached to an aromatic ring is 1. The Labute approximate surface area is 121 Å². The first-order valence-corrected chi connectivity index (χ1v) is 7.28. The van der Waals surface area contributed by atoms with E-state index in [-0.39, 0.29) is 0 Å². The van der Waals surface area contributed by atoms with Gasteiger partial charge in [-0.1, -0.05) is 18.2 Å². The van der Waals surface area contributed by atoms with Crippen molar-refractivity contribution in [3.8, 4) is 22.5 Å². The molecule has 3 rings (SSSR count). The van der Waals surface area contributed by atoms with Crippen molar-refractivity contribution in [3.05, 3.63) is 39.7 Å². The summed E-state index contributed by atoms with van der Waals surface area (Å²) in [7, 11) is 0. The smallest absolute Gasteiger partial charge is 0.153 e. The summed E-state index contributed by atoms with van der Waals surface area (Å²) in [5.74, 6) is 0.508. The lowest BCUT2D eigenvalue weighted by Gasteiger charge is -2.06. The molecule has 0 radical (unpaired) electrons. The number of aromatic amines is 1. The second kappa shape index (κ2) is 4.76. The number of hydrogen-bond acceptors (Lipinski definition) is 4. The van der Waals surface area contributed by atoms with Gasteiger partial charge in [0.15, 0.2) is 5.82 Å². The Hall–Kier alpha value is -2.14. The van der Waals surface area contributed by atoms with E-state index in [0.29, 0.717) is 5.82 Å². The van der Waals surface area contributed by atoms with Crippen molar-refractivity contribution in [2.45, 2.75) is 20.8 Å². The predicted octanol–water partition coefficient (Wildman–Crippen LogP) is 3.71. The lowest BCUT2D eigenvalue weighted by molar-refractivity contribution is 1.09. The molecule has 3 aromatic rings. The quantitative estimate of drug-likeness (QED) is 0.754. The minimum Gasteiger partial charge on any atom is -0.382 e. The van der Waals surface area contributed by atoms with Crippen LogP contribution in [0.5, 0.6) is 0 Å². The molecule has 2 heterocycles. The molecule has 0 amide bonds. The Morgan fingerprint density at radius 1 is 1.15 bits per heavy atom. The first kappa shape index (κ1) is 12.9. The average Bonchev–Trinajstić information content (AvgIpc) is 2.99. The van der Waals surface area contributed by atoms with Crippen molar-refractivity contribution in [1.82, 2.24) is 15.2 Å². The molecular formula is C15H16N4S. The molecule has 0 aliphatic carbocycles. The van der Waals surface area contributed by atoms with Crippen molar-refractivity contribution in [3.63, 3.8) is 0 Å². The standard InChI is InChI=1S/C15H16N4S/c1-8-4-5-11(6-9(8)2)13-14(18-19-15(13)16)12-7-20-10(3)17-12/h4-7H,1-3H3,(H3,16,18,19). The van der Waals surface area contributed by atoms with Crippen LogP contribution in [0.1, 0.15) is 16.1 Å². The van der Waals surface area contributed by atoms with Gasteiger partial charge in [0.25, 0.3) is 0 Å². The van der Waals surface area contributed by atoms with Crippen molar-refractivity contribution in [2.24, 2.45) is 0 Å². The Kier molecular flexibility index (Phi) is 3.06. The van der Waals surface area contributed by atoms with E-state index in [2.05, 4.69) is 47.2 Å². The van der Waals surface area contributed by atoms with Crippen LogP contribution in [0.2, 0.25) is 0 Å². The number of aryl methyl sites for hydroxylation is 3. The summed E-state index contributed by atoms with van der Waals surface area (Å²) in [4.78, 5) is 4.51. The highest BCUT2D eigenvalue weighted by molar-refractivity contribution is 7.09. The van der Waals surface area contributed by atoms with Crippen LogP contribution >= 0.6 is 11.3 Å².